The predicted octanol–water partition coefficient (Wildman–Crippen LogP) is 2.61. The second-order valence-electron chi connectivity index (χ2n) is 6.76. The van der Waals surface area contributed by atoms with Crippen LogP contribution in [0.4, 0.5) is 0 Å². The molecule has 1 aliphatic rings. The van der Waals surface area contributed by atoms with Crippen LogP contribution in [0.5, 0.6) is 0 Å². The Labute approximate surface area is 167 Å². The van der Waals surface area contributed by atoms with E-state index in [1.807, 2.05) is 0 Å². The molecule has 29 heavy (non-hydrogen) atoms. The molecule has 0 spiro atoms. The Bertz CT molecular complexity index is 1080. The number of nitrogens with zero attached hydrogens (tertiary/aromatic N) is 3. The fourth-order valence-electron chi connectivity index (χ4n) is 3.12. The zero-order valence-electron chi connectivity index (χ0n) is 15.7. The van der Waals surface area contributed by atoms with E-state index in [1.165, 1.54) is 10.6 Å². The number of carbonyl (C=O) groups excluding carboxylic acids is 1. The first-order valence-electron chi connectivity index (χ1n) is 9.24. The summed E-state index contributed by atoms with van der Waals surface area (Å²) in [5.41, 5.74) is 0.616. The number of hydrogen-bond acceptors (Lipinski definition) is 7. The zero-order chi connectivity index (χ0) is 20.4. The quantitative estimate of drug-likeness (QED) is 0.656. The molecule has 1 fully saturated rings. The van der Waals surface area contributed by atoms with Gasteiger partial charge in [-0.2, -0.15) is 9.29 Å². The van der Waals surface area contributed by atoms with Crippen molar-refractivity contribution in [1.29, 1.82) is 0 Å². The summed E-state index contributed by atoms with van der Waals surface area (Å²) in [6.07, 6.45) is 3.19. The first-order chi connectivity index (χ1) is 13.9. The standard InChI is InChI=1S/C19H20N4O5S/c1-13(20-18(24)16-5-4-12-27-16)19-21-17(22-28-19)14-6-8-15(9-7-14)29(25,26)23-10-2-3-11-23/h4-9,12-13H,2-3,10-11H2,1H3,(H,20,24)/t13-/m0/s1. The van der Waals surface area contributed by atoms with Gasteiger partial charge in [-0.1, -0.05) is 5.16 Å². The van der Waals surface area contributed by atoms with Crippen LogP contribution in [0.25, 0.3) is 11.4 Å². The molecule has 1 aliphatic heterocycles. The van der Waals surface area contributed by atoms with Crippen molar-refractivity contribution in [3.63, 3.8) is 0 Å². The first-order valence-corrected chi connectivity index (χ1v) is 10.7. The molecule has 4 rings (SSSR count). The lowest BCUT2D eigenvalue weighted by Crippen LogP contribution is -2.27. The monoisotopic (exact) mass is 416 g/mol. The Morgan fingerprint density at radius 2 is 1.90 bits per heavy atom. The number of benzene rings is 1. The zero-order valence-corrected chi connectivity index (χ0v) is 16.6. The maximum atomic E-state index is 12.6. The third-order valence-electron chi connectivity index (χ3n) is 4.72. The molecular formula is C19H20N4O5S. The van der Waals surface area contributed by atoms with E-state index in [4.69, 9.17) is 8.94 Å². The topological polar surface area (TPSA) is 119 Å². The number of aromatic nitrogens is 2. The van der Waals surface area contributed by atoms with E-state index in [1.54, 1.807) is 43.3 Å². The Morgan fingerprint density at radius 1 is 1.17 bits per heavy atom. The Morgan fingerprint density at radius 3 is 2.55 bits per heavy atom. The molecular weight excluding hydrogens is 396 g/mol. The smallest absolute Gasteiger partial charge is 0.287 e. The van der Waals surface area contributed by atoms with Gasteiger partial charge in [0.25, 0.3) is 5.91 Å². The van der Waals surface area contributed by atoms with Gasteiger partial charge in [0.2, 0.25) is 21.7 Å². The predicted molar refractivity (Wildman–Crippen MR) is 102 cm³/mol. The van der Waals surface area contributed by atoms with Crippen LogP contribution in [0.1, 0.15) is 42.3 Å². The Balaban J connectivity index is 1.47. The van der Waals surface area contributed by atoms with Crippen LogP contribution >= 0.6 is 0 Å². The molecule has 0 saturated carbocycles. The van der Waals surface area contributed by atoms with Gasteiger partial charge in [-0.15, -0.1) is 0 Å². The number of carbonyl (C=O) groups is 1. The molecule has 152 valence electrons. The molecule has 3 heterocycles. The van der Waals surface area contributed by atoms with E-state index in [0.29, 0.717) is 24.5 Å². The summed E-state index contributed by atoms with van der Waals surface area (Å²) in [6.45, 7) is 2.82. The Hall–Kier alpha value is -2.98. The van der Waals surface area contributed by atoms with Crippen LogP contribution < -0.4 is 5.32 Å². The summed E-state index contributed by atoms with van der Waals surface area (Å²) < 4.78 is 37.0. The van der Waals surface area contributed by atoms with E-state index < -0.39 is 22.0 Å². The third-order valence-corrected chi connectivity index (χ3v) is 6.63. The molecule has 2 aromatic heterocycles. The summed E-state index contributed by atoms with van der Waals surface area (Å²) in [6, 6.07) is 9.02. The summed E-state index contributed by atoms with van der Waals surface area (Å²) in [4.78, 5) is 16.6. The molecule has 0 radical (unpaired) electrons. The molecule has 1 atom stereocenters. The highest BCUT2D eigenvalue weighted by Crippen LogP contribution is 2.24. The lowest BCUT2D eigenvalue weighted by atomic mass is 10.2. The van der Waals surface area contributed by atoms with Gasteiger partial charge < -0.3 is 14.3 Å². The molecule has 10 heteroatoms. The normalized spacial score (nSPS) is 16.0. The van der Waals surface area contributed by atoms with Gasteiger partial charge in [-0.3, -0.25) is 4.79 Å². The molecule has 0 bridgehead atoms. The lowest BCUT2D eigenvalue weighted by molar-refractivity contribution is 0.0904. The maximum Gasteiger partial charge on any atom is 0.287 e. The highest BCUT2D eigenvalue weighted by atomic mass is 32.2. The second kappa shape index (κ2) is 7.80. The first kappa shape index (κ1) is 19.3. The molecule has 0 unspecified atom stereocenters. The van der Waals surface area contributed by atoms with Crippen LogP contribution in [0.2, 0.25) is 0 Å². The van der Waals surface area contributed by atoms with Crippen molar-refractivity contribution >= 4 is 15.9 Å². The van der Waals surface area contributed by atoms with Crippen LogP contribution in [-0.2, 0) is 10.0 Å². The number of rotatable bonds is 6. The van der Waals surface area contributed by atoms with Gasteiger partial charge in [0.15, 0.2) is 5.76 Å². The van der Waals surface area contributed by atoms with Gasteiger partial charge >= 0.3 is 0 Å². The number of sulfonamides is 1. The van der Waals surface area contributed by atoms with Crippen molar-refractivity contribution < 1.29 is 22.2 Å². The number of furan rings is 1. The van der Waals surface area contributed by atoms with Crippen LogP contribution in [0, 0.1) is 0 Å². The van der Waals surface area contributed by atoms with Crippen LogP contribution in [0.3, 0.4) is 0 Å². The van der Waals surface area contributed by atoms with Crippen molar-refractivity contribution in [2.75, 3.05) is 13.1 Å². The van der Waals surface area contributed by atoms with Crippen molar-refractivity contribution in [3.05, 3.63) is 54.3 Å². The minimum absolute atomic E-state index is 0.186. The molecule has 3 aromatic rings. The molecule has 1 amide bonds. The van der Waals surface area contributed by atoms with Crippen molar-refractivity contribution in [2.45, 2.75) is 30.7 Å². The van der Waals surface area contributed by atoms with Gasteiger partial charge in [0.1, 0.15) is 6.04 Å². The number of amides is 1. The molecule has 0 aliphatic carbocycles. The van der Waals surface area contributed by atoms with Crippen LogP contribution in [0.15, 0.2) is 56.5 Å². The summed E-state index contributed by atoms with van der Waals surface area (Å²) in [5, 5.41) is 6.64. The largest absolute Gasteiger partial charge is 0.459 e. The number of hydrogen-bond donors (Lipinski definition) is 1. The van der Waals surface area contributed by atoms with Gasteiger partial charge in [-0.25, -0.2) is 8.42 Å². The lowest BCUT2D eigenvalue weighted by Gasteiger charge is -2.15. The van der Waals surface area contributed by atoms with E-state index in [-0.39, 0.29) is 16.5 Å². The van der Waals surface area contributed by atoms with Crippen molar-refractivity contribution in [3.8, 4) is 11.4 Å². The maximum absolute atomic E-state index is 12.6. The Kier molecular flexibility index (Phi) is 5.20. The molecule has 1 saturated heterocycles. The fourth-order valence-corrected chi connectivity index (χ4v) is 4.64. The summed E-state index contributed by atoms with van der Waals surface area (Å²) in [7, 11) is -3.47. The molecule has 9 nitrogen and oxygen atoms in total. The highest BCUT2D eigenvalue weighted by molar-refractivity contribution is 7.89. The van der Waals surface area contributed by atoms with Crippen molar-refractivity contribution in [1.82, 2.24) is 19.8 Å². The molecule has 1 aromatic carbocycles. The van der Waals surface area contributed by atoms with E-state index in [0.717, 1.165) is 12.8 Å². The van der Waals surface area contributed by atoms with Crippen molar-refractivity contribution in [2.24, 2.45) is 0 Å². The minimum Gasteiger partial charge on any atom is -0.459 e. The van der Waals surface area contributed by atoms with Crippen LogP contribution in [-0.4, -0.2) is 41.9 Å². The minimum atomic E-state index is -3.47. The fraction of sp³-hybridized carbons (Fsp3) is 0.316. The highest BCUT2D eigenvalue weighted by Gasteiger charge is 2.27. The summed E-state index contributed by atoms with van der Waals surface area (Å²) in [5.74, 6) is 0.336. The molecule has 1 N–H and O–H groups in total. The van der Waals surface area contributed by atoms with Gasteiger partial charge in [-0.05, 0) is 56.2 Å². The van der Waals surface area contributed by atoms with E-state index in [9.17, 15) is 13.2 Å². The summed E-state index contributed by atoms with van der Waals surface area (Å²) >= 11 is 0. The van der Waals surface area contributed by atoms with E-state index >= 15 is 0 Å². The average Bonchev–Trinajstić information content (AvgIpc) is 3.50. The third kappa shape index (κ3) is 3.94. The SMILES string of the molecule is C[C@H](NC(=O)c1ccco1)c1nc(-c2ccc(S(=O)(=O)N3CCCC3)cc2)no1. The van der Waals surface area contributed by atoms with E-state index in [2.05, 4.69) is 15.5 Å². The van der Waals surface area contributed by atoms with Gasteiger partial charge in [0.05, 0.1) is 11.2 Å². The van der Waals surface area contributed by atoms with Gasteiger partial charge in [0, 0.05) is 18.7 Å². The second-order valence-corrected chi connectivity index (χ2v) is 8.70. The average molecular weight is 416 g/mol. The number of nitrogens with one attached hydrogen (secondary N) is 1.